The van der Waals surface area contributed by atoms with E-state index in [1.165, 1.54) is 0 Å². The Morgan fingerprint density at radius 1 is 1.64 bits per heavy atom. The number of aromatic nitrogens is 3. The normalized spacial score (nSPS) is 10.6. The zero-order chi connectivity index (χ0) is 10.6. The summed E-state index contributed by atoms with van der Waals surface area (Å²) in [6.45, 7) is 4.08. The Hall–Kier alpha value is -1.39. The van der Waals surface area contributed by atoms with Gasteiger partial charge >= 0.3 is 0 Å². The first-order chi connectivity index (χ1) is 6.63. The molecule has 0 unspecified atom stereocenters. The Labute approximate surface area is 83.5 Å². The molecular weight excluding hydrogens is 180 g/mol. The van der Waals surface area contributed by atoms with Crippen molar-refractivity contribution < 1.29 is 4.79 Å². The van der Waals surface area contributed by atoms with Gasteiger partial charge in [-0.2, -0.15) is 0 Å². The van der Waals surface area contributed by atoms with Crippen LogP contribution in [-0.2, 0) is 11.2 Å². The van der Waals surface area contributed by atoms with Gasteiger partial charge in [0.15, 0.2) is 0 Å². The summed E-state index contributed by atoms with van der Waals surface area (Å²) in [6.07, 6.45) is 2.99. The molecule has 0 atom stereocenters. The fourth-order valence-corrected chi connectivity index (χ4v) is 1.05. The molecule has 0 aliphatic carbocycles. The van der Waals surface area contributed by atoms with Crippen LogP contribution in [0.2, 0.25) is 0 Å². The summed E-state index contributed by atoms with van der Waals surface area (Å²) < 4.78 is 1.79. The number of hydrogen-bond acceptors (Lipinski definition) is 3. The van der Waals surface area contributed by atoms with Crippen molar-refractivity contribution in [1.29, 1.82) is 0 Å². The number of rotatable bonds is 4. The summed E-state index contributed by atoms with van der Waals surface area (Å²) in [7, 11) is 1.63. The van der Waals surface area contributed by atoms with E-state index in [0.29, 0.717) is 18.9 Å². The standard InChI is InChI=1S/C9H16N4O/c1-7(2)13-6-8(11-12-13)4-5-9(14)10-3/h6-7H,4-5H2,1-3H3,(H,10,14). The average molecular weight is 196 g/mol. The minimum atomic E-state index is 0.0316. The Morgan fingerprint density at radius 3 is 2.86 bits per heavy atom. The molecule has 1 aromatic rings. The van der Waals surface area contributed by atoms with Gasteiger partial charge in [-0.15, -0.1) is 5.10 Å². The van der Waals surface area contributed by atoms with E-state index in [-0.39, 0.29) is 5.91 Å². The minimum Gasteiger partial charge on any atom is -0.359 e. The molecule has 1 amide bonds. The molecule has 0 bridgehead atoms. The molecule has 0 fully saturated rings. The van der Waals surface area contributed by atoms with Crippen molar-refractivity contribution in [3.8, 4) is 0 Å². The lowest BCUT2D eigenvalue weighted by molar-refractivity contribution is -0.120. The molecule has 0 aromatic carbocycles. The highest BCUT2D eigenvalue weighted by molar-refractivity contribution is 5.75. The van der Waals surface area contributed by atoms with Crippen LogP contribution in [-0.4, -0.2) is 27.9 Å². The maximum atomic E-state index is 11.0. The van der Waals surface area contributed by atoms with E-state index in [0.717, 1.165) is 5.69 Å². The monoisotopic (exact) mass is 196 g/mol. The molecule has 0 aliphatic rings. The molecule has 1 heterocycles. The van der Waals surface area contributed by atoms with Gasteiger partial charge in [0, 0.05) is 32.1 Å². The van der Waals surface area contributed by atoms with Crippen LogP contribution >= 0.6 is 0 Å². The number of nitrogens with zero attached hydrogens (tertiary/aromatic N) is 3. The summed E-state index contributed by atoms with van der Waals surface area (Å²) in [5.41, 5.74) is 0.863. The van der Waals surface area contributed by atoms with Crippen LogP contribution in [0.25, 0.3) is 0 Å². The molecule has 0 radical (unpaired) electrons. The fourth-order valence-electron chi connectivity index (χ4n) is 1.05. The van der Waals surface area contributed by atoms with E-state index in [2.05, 4.69) is 15.6 Å². The Balaban J connectivity index is 2.48. The molecule has 14 heavy (non-hydrogen) atoms. The van der Waals surface area contributed by atoms with Crippen LogP contribution in [0.5, 0.6) is 0 Å². The highest BCUT2D eigenvalue weighted by atomic mass is 16.1. The highest BCUT2D eigenvalue weighted by Crippen LogP contribution is 2.04. The lowest BCUT2D eigenvalue weighted by atomic mass is 10.2. The number of carbonyl (C=O) groups excluding carboxylic acids is 1. The third-order valence-corrected chi connectivity index (χ3v) is 1.97. The lowest BCUT2D eigenvalue weighted by Gasteiger charge is -2.01. The predicted octanol–water partition coefficient (Wildman–Crippen LogP) is 0.538. The van der Waals surface area contributed by atoms with E-state index >= 15 is 0 Å². The summed E-state index contributed by atoms with van der Waals surface area (Å²) in [5, 5.41) is 10.5. The molecule has 1 aromatic heterocycles. The van der Waals surface area contributed by atoms with Crippen molar-refractivity contribution in [1.82, 2.24) is 20.3 Å². The molecule has 0 saturated carbocycles. The van der Waals surface area contributed by atoms with Crippen LogP contribution in [0.4, 0.5) is 0 Å². The number of aryl methyl sites for hydroxylation is 1. The van der Waals surface area contributed by atoms with Crippen molar-refractivity contribution in [3.05, 3.63) is 11.9 Å². The van der Waals surface area contributed by atoms with Gasteiger partial charge in [-0.05, 0) is 13.8 Å². The molecule has 0 spiro atoms. The van der Waals surface area contributed by atoms with Gasteiger partial charge < -0.3 is 5.32 Å². The van der Waals surface area contributed by atoms with Gasteiger partial charge in [0.25, 0.3) is 0 Å². The molecule has 1 N–H and O–H groups in total. The Bertz CT molecular complexity index is 306. The van der Waals surface area contributed by atoms with Gasteiger partial charge in [-0.1, -0.05) is 5.21 Å². The first-order valence-electron chi connectivity index (χ1n) is 4.74. The molecule has 5 heteroatoms. The third kappa shape index (κ3) is 2.83. The predicted molar refractivity (Wildman–Crippen MR) is 52.8 cm³/mol. The quantitative estimate of drug-likeness (QED) is 0.764. The van der Waals surface area contributed by atoms with E-state index < -0.39 is 0 Å². The smallest absolute Gasteiger partial charge is 0.220 e. The van der Waals surface area contributed by atoms with E-state index in [4.69, 9.17) is 0 Å². The first kappa shape index (κ1) is 10.7. The lowest BCUT2D eigenvalue weighted by Crippen LogP contribution is -2.17. The number of nitrogens with one attached hydrogen (secondary N) is 1. The minimum absolute atomic E-state index is 0.0316. The summed E-state index contributed by atoms with van der Waals surface area (Å²) in [5.74, 6) is 0.0316. The van der Waals surface area contributed by atoms with E-state index in [1.807, 2.05) is 20.0 Å². The number of amides is 1. The van der Waals surface area contributed by atoms with Gasteiger partial charge in [0.2, 0.25) is 5.91 Å². The van der Waals surface area contributed by atoms with Crippen molar-refractivity contribution in [2.45, 2.75) is 32.7 Å². The van der Waals surface area contributed by atoms with Gasteiger partial charge in [-0.3, -0.25) is 4.79 Å². The summed E-state index contributed by atoms with van der Waals surface area (Å²) in [6, 6.07) is 0.316. The Kier molecular flexibility index (Phi) is 3.62. The molecule has 1 rings (SSSR count). The van der Waals surface area contributed by atoms with Crippen LogP contribution in [0.1, 0.15) is 32.0 Å². The van der Waals surface area contributed by atoms with Crippen molar-refractivity contribution in [3.63, 3.8) is 0 Å². The summed E-state index contributed by atoms with van der Waals surface area (Å²) >= 11 is 0. The first-order valence-corrected chi connectivity index (χ1v) is 4.74. The number of carbonyl (C=O) groups is 1. The third-order valence-electron chi connectivity index (χ3n) is 1.97. The van der Waals surface area contributed by atoms with E-state index in [1.54, 1.807) is 11.7 Å². The van der Waals surface area contributed by atoms with Gasteiger partial charge in [-0.25, -0.2) is 4.68 Å². The average Bonchev–Trinajstić information content (AvgIpc) is 2.62. The van der Waals surface area contributed by atoms with Crippen molar-refractivity contribution in [2.75, 3.05) is 7.05 Å². The number of hydrogen-bond donors (Lipinski definition) is 1. The van der Waals surface area contributed by atoms with Crippen LogP contribution in [0, 0.1) is 0 Å². The van der Waals surface area contributed by atoms with Crippen LogP contribution in [0.15, 0.2) is 6.20 Å². The molecule has 78 valence electrons. The van der Waals surface area contributed by atoms with E-state index in [9.17, 15) is 4.79 Å². The van der Waals surface area contributed by atoms with Crippen molar-refractivity contribution in [2.24, 2.45) is 0 Å². The topological polar surface area (TPSA) is 59.8 Å². The second-order valence-corrected chi connectivity index (χ2v) is 3.46. The molecule has 5 nitrogen and oxygen atoms in total. The molecular formula is C9H16N4O. The zero-order valence-electron chi connectivity index (χ0n) is 8.82. The molecule has 0 saturated heterocycles. The molecule has 0 aliphatic heterocycles. The fraction of sp³-hybridized carbons (Fsp3) is 0.667. The second kappa shape index (κ2) is 4.74. The SMILES string of the molecule is CNC(=O)CCc1cn(C(C)C)nn1. The van der Waals surface area contributed by atoms with Crippen LogP contribution in [0.3, 0.4) is 0 Å². The van der Waals surface area contributed by atoms with Gasteiger partial charge in [0.1, 0.15) is 0 Å². The van der Waals surface area contributed by atoms with Crippen molar-refractivity contribution >= 4 is 5.91 Å². The highest BCUT2D eigenvalue weighted by Gasteiger charge is 2.05. The van der Waals surface area contributed by atoms with Crippen LogP contribution < -0.4 is 5.32 Å². The second-order valence-electron chi connectivity index (χ2n) is 3.46. The maximum absolute atomic E-state index is 11.0. The maximum Gasteiger partial charge on any atom is 0.220 e. The largest absolute Gasteiger partial charge is 0.359 e. The van der Waals surface area contributed by atoms with Gasteiger partial charge in [0.05, 0.1) is 5.69 Å². The zero-order valence-corrected chi connectivity index (χ0v) is 8.82. The Morgan fingerprint density at radius 2 is 2.36 bits per heavy atom. The summed E-state index contributed by atoms with van der Waals surface area (Å²) in [4.78, 5) is 11.0.